The van der Waals surface area contributed by atoms with Gasteiger partial charge in [-0.3, -0.25) is 4.79 Å². The van der Waals surface area contributed by atoms with Gasteiger partial charge >= 0.3 is 5.97 Å². The first-order valence-corrected chi connectivity index (χ1v) is 7.72. The number of rotatable bonds is 6. The standard InChI is InChI=1S/C16H22N4O3/c1-5-20-14-7-6-12(8-13(14)18-19-20)16(22)23-9-15(21)17-11(4)10(2)3/h6-8,10-11H,5,9H2,1-4H3,(H,17,21)/t11-/m1/s1. The van der Waals surface area contributed by atoms with Crippen LogP contribution in [0, 0.1) is 5.92 Å². The fraction of sp³-hybridized carbons (Fsp3) is 0.500. The van der Waals surface area contributed by atoms with Gasteiger partial charge in [-0.05, 0) is 38.0 Å². The zero-order chi connectivity index (χ0) is 17.0. The molecule has 1 atom stereocenters. The van der Waals surface area contributed by atoms with Crippen molar-refractivity contribution in [2.24, 2.45) is 5.92 Å². The van der Waals surface area contributed by atoms with E-state index in [0.29, 0.717) is 23.5 Å². The van der Waals surface area contributed by atoms with Gasteiger partial charge in [-0.25, -0.2) is 9.48 Å². The summed E-state index contributed by atoms with van der Waals surface area (Å²) in [5.41, 5.74) is 1.83. The predicted octanol–water partition coefficient (Wildman–Crippen LogP) is 1.77. The number of fused-ring (bicyclic) bond motifs is 1. The Morgan fingerprint density at radius 3 is 2.70 bits per heavy atom. The average Bonchev–Trinajstić information content (AvgIpc) is 2.94. The van der Waals surface area contributed by atoms with Crippen molar-refractivity contribution in [3.63, 3.8) is 0 Å². The van der Waals surface area contributed by atoms with Crippen LogP contribution in [0.3, 0.4) is 0 Å². The summed E-state index contributed by atoms with van der Waals surface area (Å²) in [6.07, 6.45) is 0. The van der Waals surface area contributed by atoms with E-state index in [4.69, 9.17) is 4.74 Å². The first-order valence-electron chi connectivity index (χ1n) is 7.72. The van der Waals surface area contributed by atoms with E-state index in [9.17, 15) is 9.59 Å². The Kier molecular flexibility index (Phi) is 5.31. The topological polar surface area (TPSA) is 86.1 Å². The number of aryl methyl sites for hydroxylation is 1. The Morgan fingerprint density at radius 1 is 1.30 bits per heavy atom. The van der Waals surface area contributed by atoms with Crippen molar-refractivity contribution in [3.05, 3.63) is 23.8 Å². The second-order valence-electron chi connectivity index (χ2n) is 5.79. The second kappa shape index (κ2) is 7.21. The molecule has 1 aromatic heterocycles. The smallest absolute Gasteiger partial charge is 0.338 e. The number of amides is 1. The minimum atomic E-state index is -0.551. The first kappa shape index (κ1) is 16.9. The third kappa shape index (κ3) is 4.06. The quantitative estimate of drug-likeness (QED) is 0.820. The number of benzene rings is 1. The lowest BCUT2D eigenvalue weighted by Crippen LogP contribution is -2.38. The van der Waals surface area contributed by atoms with Gasteiger partial charge in [-0.2, -0.15) is 0 Å². The summed E-state index contributed by atoms with van der Waals surface area (Å²) in [6.45, 7) is 8.30. The van der Waals surface area contributed by atoms with Gasteiger partial charge in [-0.1, -0.05) is 19.1 Å². The zero-order valence-electron chi connectivity index (χ0n) is 13.9. The molecule has 7 nitrogen and oxygen atoms in total. The molecule has 2 rings (SSSR count). The maximum Gasteiger partial charge on any atom is 0.338 e. The first-order chi connectivity index (χ1) is 10.9. The lowest BCUT2D eigenvalue weighted by Gasteiger charge is -2.17. The van der Waals surface area contributed by atoms with Crippen LogP contribution < -0.4 is 5.32 Å². The molecule has 1 N–H and O–H groups in total. The van der Waals surface area contributed by atoms with E-state index in [0.717, 1.165) is 5.52 Å². The highest BCUT2D eigenvalue weighted by atomic mass is 16.5. The number of aromatic nitrogens is 3. The predicted molar refractivity (Wildman–Crippen MR) is 85.9 cm³/mol. The van der Waals surface area contributed by atoms with Crippen molar-refractivity contribution in [2.75, 3.05) is 6.61 Å². The molecule has 2 aromatic rings. The van der Waals surface area contributed by atoms with E-state index in [-0.39, 0.29) is 18.6 Å². The molecule has 0 spiro atoms. The van der Waals surface area contributed by atoms with Gasteiger partial charge in [0.05, 0.1) is 11.1 Å². The molecule has 0 saturated heterocycles. The molecule has 0 unspecified atom stereocenters. The number of carbonyl (C=O) groups is 2. The average molecular weight is 318 g/mol. The molecular formula is C16H22N4O3. The zero-order valence-corrected chi connectivity index (χ0v) is 13.9. The molecule has 0 fully saturated rings. The number of hydrogen-bond acceptors (Lipinski definition) is 5. The molecule has 0 aliphatic heterocycles. The van der Waals surface area contributed by atoms with E-state index < -0.39 is 5.97 Å². The number of ether oxygens (including phenoxy) is 1. The minimum Gasteiger partial charge on any atom is -0.452 e. The molecule has 0 bridgehead atoms. The van der Waals surface area contributed by atoms with Gasteiger partial charge in [0, 0.05) is 12.6 Å². The number of esters is 1. The van der Waals surface area contributed by atoms with Crippen LogP contribution >= 0.6 is 0 Å². The van der Waals surface area contributed by atoms with Gasteiger partial charge in [0.25, 0.3) is 5.91 Å². The fourth-order valence-corrected chi connectivity index (χ4v) is 2.01. The molecule has 23 heavy (non-hydrogen) atoms. The molecule has 124 valence electrons. The van der Waals surface area contributed by atoms with Gasteiger partial charge < -0.3 is 10.1 Å². The Hall–Kier alpha value is -2.44. The van der Waals surface area contributed by atoms with Gasteiger partial charge in [-0.15, -0.1) is 5.10 Å². The van der Waals surface area contributed by atoms with E-state index in [2.05, 4.69) is 15.6 Å². The van der Waals surface area contributed by atoms with Gasteiger partial charge in [0.1, 0.15) is 5.52 Å². The van der Waals surface area contributed by atoms with E-state index in [1.807, 2.05) is 27.7 Å². The molecular weight excluding hydrogens is 296 g/mol. The molecule has 1 aromatic carbocycles. The highest BCUT2D eigenvalue weighted by Gasteiger charge is 2.15. The van der Waals surface area contributed by atoms with E-state index in [1.165, 1.54) is 0 Å². The highest BCUT2D eigenvalue weighted by Crippen LogP contribution is 2.14. The Labute approximate surface area is 135 Å². The maximum atomic E-state index is 12.0. The lowest BCUT2D eigenvalue weighted by atomic mass is 10.1. The van der Waals surface area contributed by atoms with Crippen molar-refractivity contribution in [1.29, 1.82) is 0 Å². The minimum absolute atomic E-state index is 0.0293. The Morgan fingerprint density at radius 2 is 2.04 bits per heavy atom. The fourth-order valence-electron chi connectivity index (χ4n) is 2.01. The van der Waals surface area contributed by atoms with Gasteiger partial charge in [0.2, 0.25) is 0 Å². The lowest BCUT2D eigenvalue weighted by molar-refractivity contribution is -0.125. The Balaban J connectivity index is 1.97. The van der Waals surface area contributed by atoms with Crippen LogP contribution in [0.5, 0.6) is 0 Å². The third-order valence-electron chi connectivity index (χ3n) is 3.77. The summed E-state index contributed by atoms with van der Waals surface area (Å²) in [5.74, 6) is -0.541. The molecule has 7 heteroatoms. The van der Waals surface area contributed by atoms with Crippen LogP contribution in [-0.2, 0) is 16.1 Å². The summed E-state index contributed by atoms with van der Waals surface area (Å²) in [6, 6.07) is 5.07. The van der Waals surface area contributed by atoms with Crippen molar-refractivity contribution in [1.82, 2.24) is 20.3 Å². The highest BCUT2D eigenvalue weighted by molar-refractivity contribution is 5.94. The molecule has 0 saturated carbocycles. The van der Waals surface area contributed by atoms with Crippen LogP contribution in [0.1, 0.15) is 38.1 Å². The third-order valence-corrected chi connectivity index (χ3v) is 3.77. The summed E-state index contributed by atoms with van der Waals surface area (Å²) in [4.78, 5) is 23.8. The molecule has 0 aliphatic carbocycles. The van der Waals surface area contributed by atoms with Crippen LogP contribution in [0.15, 0.2) is 18.2 Å². The molecule has 0 radical (unpaired) electrons. The van der Waals surface area contributed by atoms with Crippen molar-refractivity contribution >= 4 is 22.9 Å². The molecule has 0 aliphatic rings. The number of hydrogen-bond donors (Lipinski definition) is 1. The van der Waals surface area contributed by atoms with Crippen LogP contribution in [0.4, 0.5) is 0 Å². The van der Waals surface area contributed by atoms with Crippen molar-refractivity contribution in [3.8, 4) is 0 Å². The van der Waals surface area contributed by atoms with Crippen LogP contribution in [0.25, 0.3) is 11.0 Å². The number of carbonyl (C=O) groups excluding carboxylic acids is 2. The van der Waals surface area contributed by atoms with Crippen LogP contribution in [-0.4, -0.2) is 39.5 Å². The van der Waals surface area contributed by atoms with Crippen LogP contribution in [0.2, 0.25) is 0 Å². The number of nitrogens with one attached hydrogen (secondary N) is 1. The van der Waals surface area contributed by atoms with Crippen molar-refractivity contribution < 1.29 is 14.3 Å². The summed E-state index contributed by atoms with van der Waals surface area (Å²) >= 11 is 0. The summed E-state index contributed by atoms with van der Waals surface area (Å²) in [7, 11) is 0. The monoisotopic (exact) mass is 318 g/mol. The van der Waals surface area contributed by atoms with Crippen molar-refractivity contribution in [2.45, 2.75) is 40.3 Å². The SMILES string of the molecule is CCn1nnc2cc(C(=O)OCC(=O)N[C@H](C)C(C)C)ccc21. The summed E-state index contributed by atoms with van der Waals surface area (Å²) in [5, 5.41) is 10.8. The van der Waals surface area contributed by atoms with Gasteiger partial charge in [0.15, 0.2) is 6.61 Å². The second-order valence-corrected chi connectivity index (χ2v) is 5.79. The normalized spacial score (nSPS) is 12.4. The summed E-state index contributed by atoms with van der Waals surface area (Å²) < 4.78 is 6.79. The van der Waals surface area contributed by atoms with E-state index in [1.54, 1.807) is 22.9 Å². The molecule has 1 heterocycles. The largest absolute Gasteiger partial charge is 0.452 e. The molecule has 1 amide bonds. The maximum absolute atomic E-state index is 12.0. The number of nitrogens with zero attached hydrogens (tertiary/aromatic N) is 3. The Bertz CT molecular complexity index is 708. The van der Waals surface area contributed by atoms with E-state index >= 15 is 0 Å².